The fourth-order valence-corrected chi connectivity index (χ4v) is 1.37. The third-order valence-electron chi connectivity index (χ3n) is 2.07. The topological polar surface area (TPSA) is 49.7 Å². The summed E-state index contributed by atoms with van der Waals surface area (Å²) in [6.45, 7) is 2.05. The Morgan fingerprint density at radius 3 is 2.64 bits per heavy atom. The van der Waals surface area contributed by atoms with Crippen LogP contribution in [0.25, 0.3) is 0 Å². The van der Waals surface area contributed by atoms with E-state index in [4.69, 9.17) is 5.21 Å². The number of oxime groups is 1. The molecule has 0 aliphatic heterocycles. The molecule has 3 nitrogen and oxygen atoms in total. The van der Waals surface area contributed by atoms with Crippen molar-refractivity contribution in [2.45, 2.75) is 19.8 Å². The molecule has 0 fully saturated rings. The predicted octanol–water partition coefficient (Wildman–Crippen LogP) is 1.82. The van der Waals surface area contributed by atoms with Crippen LogP contribution in [-0.2, 0) is 17.6 Å². The quantitative estimate of drug-likeness (QED) is 0.448. The summed E-state index contributed by atoms with van der Waals surface area (Å²) < 4.78 is 0. The minimum Gasteiger partial charge on any atom is -0.411 e. The number of rotatable bonds is 4. The lowest BCUT2D eigenvalue weighted by molar-refractivity contribution is -0.112. The van der Waals surface area contributed by atoms with E-state index in [1.54, 1.807) is 0 Å². The fraction of sp³-hybridized carbons (Fsp3) is 0.273. The van der Waals surface area contributed by atoms with E-state index in [1.165, 1.54) is 0 Å². The van der Waals surface area contributed by atoms with Gasteiger partial charge in [0, 0.05) is 6.42 Å². The average Bonchev–Trinajstić information content (AvgIpc) is 2.19. The SMILES string of the molecule is CCc1ccccc1CC(=O)/C=N\O. The Hall–Kier alpha value is -1.64. The molecule has 0 radical (unpaired) electrons. The molecule has 0 unspecified atom stereocenters. The maximum absolute atomic E-state index is 11.2. The number of benzene rings is 1. The number of nitrogens with zero attached hydrogens (tertiary/aromatic N) is 1. The summed E-state index contributed by atoms with van der Waals surface area (Å²) in [6, 6.07) is 7.77. The minimum atomic E-state index is -0.187. The van der Waals surface area contributed by atoms with Gasteiger partial charge in [0.25, 0.3) is 0 Å². The Morgan fingerprint density at radius 2 is 2.07 bits per heavy atom. The van der Waals surface area contributed by atoms with Crippen LogP contribution in [0, 0.1) is 0 Å². The highest BCUT2D eigenvalue weighted by Crippen LogP contribution is 2.09. The maximum Gasteiger partial charge on any atom is 0.181 e. The van der Waals surface area contributed by atoms with E-state index in [1.807, 2.05) is 31.2 Å². The van der Waals surface area contributed by atoms with E-state index >= 15 is 0 Å². The van der Waals surface area contributed by atoms with Crippen molar-refractivity contribution in [3.8, 4) is 0 Å². The molecular formula is C11H13NO2. The zero-order valence-electron chi connectivity index (χ0n) is 8.10. The van der Waals surface area contributed by atoms with Gasteiger partial charge in [0.1, 0.15) is 6.21 Å². The smallest absolute Gasteiger partial charge is 0.181 e. The molecule has 0 saturated heterocycles. The molecule has 1 aromatic carbocycles. The molecule has 0 amide bonds. The van der Waals surface area contributed by atoms with E-state index < -0.39 is 0 Å². The molecule has 3 heteroatoms. The summed E-state index contributed by atoms with van der Waals surface area (Å²) >= 11 is 0. The summed E-state index contributed by atoms with van der Waals surface area (Å²) in [5.74, 6) is -0.187. The molecule has 14 heavy (non-hydrogen) atoms. The zero-order valence-corrected chi connectivity index (χ0v) is 8.10. The molecule has 1 rings (SSSR count). The number of ketones is 1. The number of carbonyl (C=O) groups is 1. The first-order valence-corrected chi connectivity index (χ1v) is 4.55. The molecule has 0 atom stereocenters. The van der Waals surface area contributed by atoms with E-state index in [9.17, 15) is 4.79 Å². The van der Waals surface area contributed by atoms with Crippen molar-refractivity contribution in [2.75, 3.05) is 0 Å². The summed E-state index contributed by atoms with van der Waals surface area (Å²) in [5, 5.41) is 10.9. The van der Waals surface area contributed by atoms with Crippen LogP contribution < -0.4 is 0 Å². The summed E-state index contributed by atoms with van der Waals surface area (Å²) in [6.07, 6.45) is 2.14. The molecular weight excluding hydrogens is 178 g/mol. The molecule has 0 bridgehead atoms. The van der Waals surface area contributed by atoms with Crippen LogP contribution in [0.3, 0.4) is 0 Å². The highest BCUT2D eigenvalue weighted by molar-refractivity contribution is 6.27. The molecule has 0 aliphatic rings. The lowest BCUT2D eigenvalue weighted by Gasteiger charge is -2.04. The Morgan fingerprint density at radius 1 is 1.43 bits per heavy atom. The molecule has 0 heterocycles. The van der Waals surface area contributed by atoms with Crippen molar-refractivity contribution < 1.29 is 10.0 Å². The normalized spacial score (nSPS) is 10.6. The number of hydrogen-bond donors (Lipinski definition) is 1. The van der Waals surface area contributed by atoms with Crippen molar-refractivity contribution >= 4 is 12.0 Å². The van der Waals surface area contributed by atoms with Crippen LogP contribution in [0.5, 0.6) is 0 Å². The Labute approximate surface area is 83.1 Å². The molecule has 1 aromatic rings. The van der Waals surface area contributed by atoms with E-state index in [-0.39, 0.29) is 5.78 Å². The first-order chi connectivity index (χ1) is 6.77. The van der Waals surface area contributed by atoms with E-state index in [2.05, 4.69) is 5.16 Å². The van der Waals surface area contributed by atoms with Gasteiger partial charge < -0.3 is 5.21 Å². The summed E-state index contributed by atoms with van der Waals surface area (Å²) in [4.78, 5) is 11.2. The number of aryl methyl sites for hydroxylation is 1. The fourth-order valence-electron chi connectivity index (χ4n) is 1.37. The third kappa shape index (κ3) is 2.69. The van der Waals surface area contributed by atoms with Crippen LogP contribution in [0.2, 0.25) is 0 Å². The van der Waals surface area contributed by atoms with Crippen LogP contribution in [0.15, 0.2) is 29.4 Å². The van der Waals surface area contributed by atoms with Crippen molar-refractivity contribution in [1.82, 2.24) is 0 Å². The number of Topliss-reactive ketones (excluding diaryl/α,β-unsaturated/α-hetero) is 1. The molecule has 1 N–H and O–H groups in total. The number of carbonyl (C=O) groups excluding carboxylic acids is 1. The van der Waals surface area contributed by atoms with Gasteiger partial charge in [-0.05, 0) is 17.5 Å². The highest BCUT2D eigenvalue weighted by Gasteiger charge is 2.04. The molecule has 74 valence electrons. The lowest BCUT2D eigenvalue weighted by atomic mass is 10.0. The van der Waals surface area contributed by atoms with E-state index in [0.717, 1.165) is 23.8 Å². The second-order valence-corrected chi connectivity index (χ2v) is 3.01. The van der Waals surface area contributed by atoms with Gasteiger partial charge in [0.05, 0.1) is 0 Å². The maximum atomic E-state index is 11.2. The lowest BCUT2D eigenvalue weighted by Crippen LogP contribution is -2.05. The average molecular weight is 191 g/mol. The molecule has 0 aliphatic carbocycles. The highest BCUT2D eigenvalue weighted by atomic mass is 16.4. The molecule has 0 saturated carbocycles. The van der Waals surface area contributed by atoms with Gasteiger partial charge in [-0.2, -0.15) is 0 Å². The van der Waals surface area contributed by atoms with Crippen molar-refractivity contribution in [3.05, 3.63) is 35.4 Å². The van der Waals surface area contributed by atoms with Crippen LogP contribution >= 0.6 is 0 Å². The second-order valence-electron chi connectivity index (χ2n) is 3.01. The van der Waals surface area contributed by atoms with Crippen LogP contribution in [0.4, 0.5) is 0 Å². The third-order valence-corrected chi connectivity index (χ3v) is 2.07. The van der Waals surface area contributed by atoms with Gasteiger partial charge in [0.15, 0.2) is 5.78 Å². The Balaban J connectivity index is 2.80. The largest absolute Gasteiger partial charge is 0.411 e. The molecule has 0 aromatic heterocycles. The van der Waals surface area contributed by atoms with Gasteiger partial charge in [0.2, 0.25) is 0 Å². The van der Waals surface area contributed by atoms with Crippen molar-refractivity contribution in [2.24, 2.45) is 5.16 Å². The second kappa shape index (κ2) is 5.17. The summed E-state index contributed by atoms with van der Waals surface area (Å²) in [5.41, 5.74) is 2.16. The standard InChI is InChI=1S/C11H13NO2/c1-2-9-5-3-4-6-10(9)7-11(13)8-12-14/h3-6,8,14H,2,7H2,1H3/b12-8-. The summed E-state index contributed by atoms with van der Waals surface area (Å²) in [7, 11) is 0. The molecule has 0 spiro atoms. The van der Waals surface area contributed by atoms with Gasteiger partial charge in [-0.15, -0.1) is 0 Å². The monoisotopic (exact) mass is 191 g/mol. The predicted molar refractivity (Wildman–Crippen MR) is 54.8 cm³/mol. The first-order valence-electron chi connectivity index (χ1n) is 4.55. The Bertz CT molecular complexity index is 345. The van der Waals surface area contributed by atoms with Gasteiger partial charge in [-0.3, -0.25) is 4.79 Å². The Kier molecular flexibility index (Phi) is 3.85. The van der Waals surface area contributed by atoms with Gasteiger partial charge >= 0.3 is 0 Å². The number of hydrogen-bond acceptors (Lipinski definition) is 3. The zero-order chi connectivity index (χ0) is 10.4. The van der Waals surface area contributed by atoms with E-state index in [0.29, 0.717) is 6.42 Å². The van der Waals surface area contributed by atoms with Crippen LogP contribution in [-0.4, -0.2) is 17.2 Å². The first kappa shape index (κ1) is 10.4. The van der Waals surface area contributed by atoms with Crippen molar-refractivity contribution in [3.63, 3.8) is 0 Å². The minimum absolute atomic E-state index is 0.187. The van der Waals surface area contributed by atoms with Crippen LogP contribution in [0.1, 0.15) is 18.1 Å². The van der Waals surface area contributed by atoms with Crippen molar-refractivity contribution in [1.29, 1.82) is 0 Å². The van der Waals surface area contributed by atoms with Gasteiger partial charge in [-0.1, -0.05) is 36.3 Å². The van der Waals surface area contributed by atoms with Gasteiger partial charge in [-0.25, -0.2) is 0 Å².